The van der Waals surface area contributed by atoms with E-state index in [-0.39, 0.29) is 10.6 Å². The van der Waals surface area contributed by atoms with Gasteiger partial charge in [-0.05, 0) is 42.0 Å². The third-order valence-electron chi connectivity index (χ3n) is 3.81. The Kier molecular flexibility index (Phi) is 6.65. The summed E-state index contributed by atoms with van der Waals surface area (Å²) >= 11 is 5.93. The largest absolute Gasteiger partial charge is 0.489 e. The van der Waals surface area contributed by atoms with Gasteiger partial charge in [0.25, 0.3) is 5.91 Å². The van der Waals surface area contributed by atoms with Crippen molar-refractivity contribution in [2.24, 2.45) is 0 Å². The van der Waals surface area contributed by atoms with Crippen LogP contribution in [-0.2, 0) is 16.1 Å². The van der Waals surface area contributed by atoms with Crippen LogP contribution in [0.2, 0.25) is 5.02 Å². The molecule has 28 heavy (non-hydrogen) atoms. The van der Waals surface area contributed by atoms with Crippen LogP contribution in [0.4, 0.5) is 5.69 Å². The number of hydrogen-bond acceptors (Lipinski definition) is 4. The summed E-state index contributed by atoms with van der Waals surface area (Å²) in [4.78, 5) is 23.9. The monoisotopic (exact) mass is 395 g/mol. The second-order valence-electron chi connectivity index (χ2n) is 5.90. The van der Waals surface area contributed by atoms with E-state index in [1.807, 2.05) is 30.3 Å². The first-order chi connectivity index (χ1) is 13.6. The molecule has 0 saturated carbocycles. The zero-order valence-corrected chi connectivity index (χ0v) is 15.7. The van der Waals surface area contributed by atoms with E-state index in [2.05, 4.69) is 5.32 Å². The molecule has 0 radical (unpaired) electrons. The average Bonchev–Trinajstić information content (AvgIpc) is 2.72. The molecule has 0 heterocycles. The van der Waals surface area contributed by atoms with E-state index in [1.165, 1.54) is 6.07 Å². The van der Waals surface area contributed by atoms with Crippen LogP contribution in [-0.4, -0.2) is 18.5 Å². The smallest absolute Gasteiger partial charge is 0.340 e. The molecule has 1 amide bonds. The van der Waals surface area contributed by atoms with Gasteiger partial charge in [-0.25, -0.2) is 4.79 Å². The van der Waals surface area contributed by atoms with E-state index in [9.17, 15) is 9.59 Å². The molecule has 3 aromatic carbocycles. The molecular weight excluding hydrogens is 378 g/mol. The van der Waals surface area contributed by atoms with Crippen molar-refractivity contribution >= 4 is 29.2 Å². The SMILES string of the molecule is O=C(COC(=O)c1ccccc1Cl)Nc1ccc(OCc2ccccc2)cc1. The van der Waals surface area contributed by atoms with Crippen LogP contribution in [0.3, 0.4) is 0 Å². The number of ether oxygens (including phenoxy) is 2. The first-order valence-electron chi connectivity index (χ1n) is 8.60. The van der Waals surface area contributed by atoms with Gasteiger partial charge in [0.05, 0.1) is 10.6 Å². The second kappa shape index (κ2) is 9.58. The van der Waals surface area contributed by atoms with Crippen molar-refractivity contribution in [3.8, 4) is 5.75 Å². The molecule has 0 atom stereocenters. The standard InChI is InChI=1S/C22H18ClNO4/c23-20-9-5-4-8-19(20)22(26)28-15-21(25)24-17-10-12-18(13-11-17)27-14-16-6-2-1-3-7-16/h1-13H,14-15H2,(H,24,25). The topological polar surface area (TPSA) is 64.6 Å². The predicted molar refractivity (Wildman–Crippen MR) is 108 cm³/mol. The molecule has 0 aliphatic carbocycles. The highest BCUT2D eigenvalue weighted by Crippen LogP contribution is 2.18. The first kappa shape index (κ1) is 19.5. The molecule has 0 bridgehead atoms. The lowest BCUT2D eigenvalue weighted by atomic mass is 10.2. The molecule has 0 spiro atoms. The van der Waals surface area contributed by atoms with Crippen LogP contribution in [0.1, 0.15) is 15.9 Å². The van der Waals surface area contributed by atoms with Crippen LogP contribution in [0, 0.1) is 0 Å². The second-order valence-corrected chi connectivity index (χ2v) is 6.31. The Morgan fingerprint density at radius 3 is 2.25 bits per heavy atom. The molecule has 0 fully saturated rings. The van der Waals surface area contributed by atoms with Crippen LogP contribution >= 0.6 is 11.6 Å². The molecular formula is C22H18ClNO4. The Morgan fingerprint density at radius 2 is 1.54 bits per heavy atom. The van der Waals surface area contributed by atoms with Gasteiger partial charge < -0.3 is 14.8 Å². The molecule has 0 unspecified atom stereocenters. The van der Waals surface area contributed by atoms with E-state index in [4.69, 9.17) is 21.1 Å². The molecule has 142 valence electrons. The molecule has 3 rings (SSSR count). The van der Waals surface area contributed by atoms with Crippen molar-refractivity contribution in [2.45, 2.75) is 6.61 Å². The van der Waals surface area contributed by atoms with Crippen LogP contribution in [0.25, 0.3) is 0 Å². The Labute approximate surface area is 167 Å². The Morgan fingerprint density at radius 1 is 0.857 bits per heavy atom. The van der Waals surface area contributed by atoms with Crippen molar-refractivity contribution in [3.63, 3.8) is 0 Å². The van der Waals surface area contributed by atoms with Gasteiger partial charge in [-0.2, -0.15) is 0 Å². The minimum absolute atomic E-state index is 0.219. The fourth-order valence-electron chi connectivity index (χ4n) is 2.41. The Bertz CT molecular complexity index is 942. The number of nitrogens with one attached hydrogen (secondary N) is 1. The van der Waals surface area contributed by atoms with E-state index in [0.717, 1.165) is 5.56 Å². The van der Waals surface area contributed by atoms with Crippen molar-refractivity contribution in [2.75, 3.05) is 11.9 Å². The van der Waals surface area contributed by atoms with E-state index >= 15 is 0 Å². The van der Waals surface area contributed by atoms with Gasteiger partial charge in [-0.15, -0.1) is 0 Å². The number of carbonyl (C=O) groups excluding carboxylic acids is 2. The summed E-state index contributed by atoms with van der Waals surface area (Å²) in [7, 11) is 0. The highest BCUT2D eigenvalue weighted by molar-refractivity contribution is 6.33. The van der Waals surface area contributed by atoms with Gasteiger partial charge in [0, 0.05) is 5.69 Å². The zero-order valence-electron chi connectivity index (χ0n) is 14.9. The van der Waals surface area contributed by atoms with Crippen LogP contribution < -0.4 is 10.1 Å². The molecule has 0 saturated heterocycles. The third-order valence-corrected chi connectivity index (χ3v) is 4.14. The maximum Gasteiger partial charge on any atom is 0.340 e. The lowest BCUT2D eigenvalue weighted by molar-refractivity contribution is -0.119. The summed E-state index contributed by atoms with van der Waals surface area (Å²) in [6, 6.07) is 23.3. The summed E-state index contributed by atoms with van der Waals surface area (Å²) in [5.74, 6) is -0.407. The van der Waals surface area contributed by atoms with Gasteiger partial charge in [0.15, 0.2) is 6.61 Å². The molecule has 3 aromatic rings. The fraction of sp³-hybridized carbons (Fsp3) is 0.0909. The summed E-state index contributed by atoms with van der Waals surface area (Å²) in [5.41, 5.74) is 1.86. The predicted octanol–water partition coefficient (Wildman–Crippen LogP) is 4.71. The number of rotatable bonds is 7. The quantitative estimate of drug-likeness (QED) is 0.588. The van der Waals surface area contributed by atoms with E-state index in [0.29, 0.717) is 18.0 Å². The maximum absolute atomic E-state index is 12.0. The highest BCUT2D eigenvalue weighted by atomic mass is 35.5. The number of halogens is 1. The van der Waals surface area contributed by atoms with E-state index < -0.39 is 18.5 Å². The molecule has 6 heteroatoms. The van der Waals surface area contributed by atoms with Gasteiger partial charge in [-0.3, -0.25) is 4.79 Å². The summed E-state index contributed by atoms with van der Waals surface area (Å²) < 4.78 is 10.7. The van der Waals surface area contributed by atoms with Gasteiger partial charge in [0.1, 0.15) is 12.4 Å². The summed E-state index contributed by atoms with van der Waals surface area (Å²) in [5, 5.41) is 2.94. The lowest BCUT2D eigenvalue weighted by Gasteiger charge is -2.09. The fourth-order valence-corrected chi connectivity index (χ4v) is 2.62. The molecule has 0 aromatic heterocycles. The van der Waals surface area contributed by atoms with E-state index in [1.54, 1.807) is 42.5 Å². The maximum atomic E-state index is 12.0. The Balaban J connectivity index is 1.46. The van der Waals surface area contributed by atoms with Crippen molar-refractivity contribution in [1.82, 2.24) is 0 Å². The Hall–Kier alpha value is -3.31. The minimum Gasteiger partial charge on any atom is -0.489 e. The number of anilines is 1. The molecule has 0 aliphatic rings. The normalized spacial score (nSPS) is 10.2. The first-order valence-corrected chi connectivity index (χ1v) is 8.98. The number of amides is 1. The third kappa shape index (κ3) is 5.59. The molecule has 5 nitrogen and oxygen atoms in total. The van der Waals surface area contributed by atoms with Crippen LogP contribution in [0.15, 0.2) is 78.9 Å². The molecule has 1 N–H and O–H groups in total. The minimum atomic E-state index is -0.648. The average molecular weight is 396 g/mol. The number of benzene rings is 3. The zero-order chi connectivity index (χ0) is 19.8. The van der Waals surface area contributed by atoms with Crippen LogP contribution in [0.5, 0.6) is 5.75 Å². The van der Waals surface area contributed by atoms with Gasteiger partial charge in [0.2, 0.25) is 0 Å². The van der Waals surface area contributed by atoms with Gasteiger partial charge in [-0.1, -0.05) is 54.1 Å². The summed E-state index contributed by atoms with van der Waals surface area (Å²) in [6.45, 7) is 0.0564. The summed E-state index contributed by atoms with van der Waals surface area (Å²) in [6.07, 6.45) is 0. The number of hydrogen-bond donors (Lipinski definition) is 1. The lowest BCUT2D eigenvalue weighted by Crippen LogP contribution is -2.21. The van der Waals surface area contributed by atoms with Crippen molar-refractivity contribution in [1.29, 1.82) is 0 Å². The molecule has 0 aliphatic heterocycles. The van der Waals surface area contributed by atoms with Crippen molar-refractivity contribution in [3.05, 3.63) is 95.0 Å². The van der Waals surface area contributed by atoms with Crippen molar-refractivity contribution < 1.29 is 19.1 Å². The number of esters is 1. The number of carbonyl (C=O) groups is 2. The van der Waals surface area contributed by atoms with Gasteiger partial charge >= 0.3 is 5.97 Å². The highest BCUT2D eigenvalue weighted by Gasteiger charge is 2.13.